The van der Waals surface area contributed by atoms with Gasteiger partial charge >= 0.3 is 0 Å². The average molecular weight is 297 g/mol. The Morgan fingerprint density at radius 2 is 1.73 bits per heavy atom. The van der Waals surface area contributed by atoms with Crippen molar-refractivity contribution in [2.24, 2.45) is 0 Å². The van der Waals surface area contributed by atoms with Gasteiger partial charge in [0, 0.05) is 18.2 Å². The molecule has 1 amide bonds. The van der Waals surface area contributed by atoms with E-state index in [2.05, 4.69) is 0 Å². The van der Waals surface area contributed by atoms with Crippen molar-refractivity contribution in [1.29, 1.82) is 0 Å². The number of hydrogen-bond acceptors (Lipinski definition) is 3. The molecular weight excluding hydrogens is 278 g/mol. The lowest BCUT2D eigenvalue weighted by Crippen LogP contribution is -2.40. The molecule has 2 aliphatic rings. The second-order valence-corrected chi connectivity index (χ2v) is 6.35. The summed E-state index contributed by atoms with van der Waals surface area (Å²) in [6, 6.07) is 9.10. The van der Waals surface area contributed by atoms with Gasteiger partial charge in [-0.1, -0.05) is 25.0 Å². The van der Waals surface area contributed by atoms with E-state index in [1.165, 1.54) is 18.9 Å². The van der Waals surface area contributed by atoms with Crippen LogP contribution in [0.25, 0.3) is 11.0 Å². The third kappa shape index (κ3) is 2.32. The molecule has 2 aliphatic carbocycles. The van der Waals surface area contributed by atoms with Crippen molar-refractivity contribution in [3.8, 4) is 0 Å². The van der Waals surface area contributed by atoms with E-state index < -0.39 is 0 Å². The molecular formula is C18H19NO3. The van der Waals surface area contributed by atoms with Crippen LogP contribution in [-0.2, 0) is 0 Å². The Kier molecular flexibility index (Phi) is 3.25. The van der Waals surface area contributed by atoms with Gasteiger partial charge in [-0.15, -0.1) is 0 Å². The summed E-state index contributed by atoms with van der Waals surface area (Å²) in [7, 11) is 0. The molecule has 4 heteroatoms. The third-order valence-electron chi connectivity index (χ3n) is 4.74. The second-order valence-electron chi connectivity index (χ2n) is 6.35. The fourth-order valence-electron chi connectivity index (χ4n) is 3.50. The Hall–Kier alpha value is -2.10. The number of nitrogens with zero attached hydrogens (tertiary/aromatic N) is 1. The standard InChI is InChI=1S/C18H19NO3/c20-15-11-17(22-16-8-4-3-7-14(15)16)18(21)19(13-9-10-13)12-5-1-2-6-12/h3-4,7-8,11-13H,1-2,5-6,9-10H2. The van der Waals surface area contributed by atoms with Crippen LogP contribution in [0.15, 0.2) is 39.5 Å². The molecule has 2 aromatic rings. The maximum atomic E-state index is 12.9. The van der Waals surface area contributed by atoms with Crippen LogP contribution in [0.3, 0.4) is 0 Å². The van der Waals surface area contributed by atoms with E-state index in [9.17, 15) is 9.59 Å². The van der Waals surface area contributed by atoms with Crippen molar-refractivity contribution in [2.75, 3.05) is 0 Å². The molecule has 4 rings (SSSR count). The zero-order chi connectivity index (χ0) is 15.1. The van der Waals surface area contributed by atoms with Gasteiger partial charge in [-0.25, -0.2) is 0 Å². The van der Waals surface area contributed by atoms with Crippen LogP contribution in [-0.4, -0.2) is 22.9 Å². The molecule has 4 nitrogen and oxygen atoms in total. The summed E-state index contributed by atoms with van der Waals surface area (Å²) in [5, 5.41) is 0.526. The van der Waals surface area contributed by atoms with Crippen molar-refractivity contribution in [1.82, 2.24) is 4.90 Å². The smallest absolute Gasteiger partial charge is 0.290 e. The maximum Gasteiger partial charge on any atom is 0.290 e. The fourth-order valence-corrected chi connectivity index (χ4v) is 3.50. The summed E-state index contributed by atoms with van der Waals surface area (Å²) >= 11 is 0. The summed E-state index contributed by atoms with van der Waals surface area (Å²) in [6.07, 6.45) is 6.64. The summed E-state index contributed by atoms with van der Waals surface area (Å²) in [6.45, 7) is 0. The SMILES string of the molecule is O=C(c1cc(=O)c2ccccc2o1)N(C1CCCC1)C1CC1. The molecule has 0 aliphatic heterocycles. The van der Waals surface area contributed by atoms with E-state index in [-0.39, 0.29) is 17.1 Å². The highest BCUT2D eigenvalue weighted by Crippen LogP contribution is 2.35. The van der Waals surface area contributed by atoms with E-state index in [1.807, 2.05) is 11.0 Å². The lowest BCUT2D eigenvalue weighted by molar-refractivity contribution is 0.0632. The van der Waals surface area contributed by atoms with E-state index in [0.717, 1.165) is 25.7 Å². The predicted molar refractivity (Wildman–Crippen MR) is 83.9 cm³/mol. The number of para-hydroxylation sites is 1. The molecule has 0 spiro atoms. The minimum absolute atomic E-state index is 0.114. The van der Waals surface area contributed by atoms with Crippen LogP contribution in [0.1, 0.15) is 49.1 Å². The number of carbonyl (C=O) groups excluding carboxylic acids is 1. The topological polar surface area (TPSA) is 50.5 Å². The Balaban J connectivity index is 1.73. The summed E-state index contributed by atoms with van der Waals surface area (Å²) < 4.78 is 5.73. The quantitative estimate of drug-likeness (QED) is 0.873. The van der Waals surface area contributed by atoms with Gasteiger partial charge < -0.3 is 9.32 Å². The number of carbonyl (C=O) groups is 1. The highest BCUT2D eigenvalue weighted by atomic mass is 16.3. The van der Waals surface area contributed by atoms with Crippen LogP contribution in [0.4, 0.5) is 0 Å². The highest BCUT2D eigenvalue weighted by molar-refractivity contribution is 5.93. The zero-order valence-electron chi connectivity index (χ0n) is 12.5. The summed E-state index contributed by atoms with van der Waals surface area (Å²) in [5.41, 5.74) is 0.341. The van der Waals surface area contributed by atoms with Crippen LogP contribution >= 0.6 is 0 Å². The molecule has 1 heterocycles. The summed E-state index contributed by atoms with van der Waals surface area (Å²) in [4.78, 5) is 27.1. The average Bonchev–Trinajstić information content (AvgIpc) is 3.21. The van der Waals surface area contributed by atoms with Crippen LogP contribution < -0.4 is 5.43 Å². The number of amides is 1. The molecule has 0 atom stereocenters. The zero-order valence-corrected chi connectivity index (χ0v) is 12.5. The van der Waals surface area contributed by atoms with Crippen molar-refractivity contribution in [2.45, 2.75) is 50.6 Å². The molecule has 0 N–H and O–H groups in total. The van der Waals surface area contributed by atoms with Crippen molar-refractivity contribution in [3.63, 3.8) is 0 Å². The van der Waals surface area contributed by atoms with Gasteiger partial charge in [0.15, 0.2) is 11.2 Å². The Bertz CT molecular complexity index is 769. The molecule has 1 aromatic carbocycles. The van der Waals surface area contributed by atoms with Crippen molar-refractivity contribution in [3.05, 3.63) is 46.3 Å². The molecule has 2 fully saturated rings. The normalized spacial score (nSPS) is 18.7. The highest BCUT2D eigenvalue weighted by Gasteiger charge is 2.39. The van der Waals surface area contributed by atoms with E-state index in [1.54, 1.807) is 18.2 Å². The Morgan fingerprint density at radius 1 is 1.05 bits per heavy atom. The first-order chi connectivity index (χ1) is 10.7. The number of rotatable bonds is 3. The van der Waals surface area contributed by atoms with Gasteiger partial charge in [-0.05, 0) is 37.8 Å². The number of fused-ring (bicyclic) bond motifs is 1. The lowest BCUT2D eigenvalue weighted by Gasteiger charge is -2.28. The Morgan fingerprint density at radius 3 is 2.45 bits per heavy atom. The monoisotopic (exact) mass is 297 g/mol. The van der Waals surface area contributed by atoms with Gasteiger partial charge in [0.1, 0.15) is 5.58 Å². The maximum absolute atomic E-state index is 12.9. The van der Waals surface area contributed by atoms with Gasteiger partial charge in [-0.3, -0.25) is 9.59 Å². The molecule has 2 saturated carbocycles. The fraction of sp³-hybridized carbons (Fsp3) is 0.444. The minimum atomic E-state index is -0.146. The van der Waals surface area contributed by atoms with E-state index in [0.29, 0.717) is 23.1 Å². The third-order valence-corrected chi connectivity index (χ3v) is 4.74. The predicted octanol–water partition coefficient (Wildman–Crippen LogP) is 3.34. The van der Waals surface area contributed by atoms with Crippen LogP contribution in [0.5, 0.6) is 0 Å². The van der Waals surface area contributed by atoms with Gasteiger partial charge in [-0.2, -0.15) is 0 Å². The first kappa shape index (κ1) is 13.6. The molecule has 114 valence electrons. The lowest BCUT2D eigenvalue weighted by atomic mass is 10.1. The molecule has 22 heavy (non-hydrogen) atoms. The van der Waals surface area contributed by atoms with Gasteiger partial charge in [0.2, 0.25) is 0 Å². The van der Waals surface area contributed by atoms with Gasteiger partial charge in [0.25, 0.3) is 5.91 Å². The van der Waals surface area contributed by atoms with Crippen molar-refractivity contribution >= 4 is 16.9 Å². The first-order valence-corrected chi connectivity index (χ1v) is 8.09. The van der Waals surface area contributed by atoms with E-state index >= 15 is 0 Å². The second kappa shape index (κ2) is 5.27. The van der Waals surface area contributed by atoms with Crippen LogP contribution in [0, 0.1) is 0 Å². The molecule has 0 saturated heterocycles. The number of hydrogen-bond donors (Lipinski definition) is 0. The first-order valence-electron chi connectivity index (χ1n) is 8.09. The van der Waals surface area contributed by atoms with E-state index in [4.69, 9.17) is 4.42 Å². The number of benzene rings is 1. The molecule has 1 aromatic heterocycles. The summed E-state index contributed by atoms with van der Waals surface area (Å²) in [5.74, 6) is 0.0692. The van der Waals surface area contributed by atoms with Crippen LogP contribution in [0.2, 0.25) is 0 Å². The molecule has 0 bridgehead atoms. The van der Waals surface area contributed by atoms with Crippen molar-refractivity contribution < 1.29 is 9.21 Å². The Labute approximate surface area is 128 Å². The minimum Gasteiger partial charge on any atom is -0.451 e. The molecule has 0 radical (unpaired) electrons. The molecule has 0 unspecified atom stereocenters. The largest absolute Gasteiger partial charge is 0.451 e. The van der Waals surface area contributed by atoms with Gasteiger partial charge in [0.05, 0.1) is 5.39 Å².